The summed E-state index contributed by atoms with van der Waals surface area (Å²) in [6.45, 7) is 7.25. The number of carbonyl (C=O) groups is 2. The van der Waals surface area contributed by atoms with E-state index < -0.39 is 0 Å². The molecule has 2 rings (SSSR count). The summed E-state index contributed by atoms with van der Waals surface area (Å²) in [5, 5.41) is 3.19. The van der Waals surface area contributed by atoms with Crippen LogP contribution in [0.4, 0.5) is 5.82 Å². The molecule has 0 bridgehead atoms. The molecular weight excluding hydrogens is 294 g/mol. The molecule has 1 saturated heterocycles. The highest BCUT2D eigenvalue weighted by atomic mass is 16.5. The van der Waals surface area contributed by atoms with Crippen molar-refractivity contribution in [3.63, 3.8) is 0 Å². The molecule has 6 nitrogen and oxygen atoms in total. The molecule has 0 saturated carbocycles. The highest BCUT2D eigenvalue weighted by molar-refractivity contribution is 5.93. The second-order valence-electron chi connectivity index (χ2n) is 6.05. The molecule has 1 aliphatic rings. The van der Waals surface area contributed by atoms with Crippen molar-refractivity contribution in [1.82, 2.24) is 9.88 Å². The molecule has 1 aliphatic heterocycles. The van der Waals surface area contributed by atoms with Gasteiger partial charge in [-0.3, -0.25) is 9.59 Å². The van der Waals surface area contributed by atoms with Gasteiger partial charge in [-0.2, -0.15) is 0 Å². The number of ether oxygens (including phenoxy) is 1. The molecule has 6 heteroatoms. The van der Waals surface area contributed by atoms with Crippen LogP contribution in [0.2, 0.25) is 0 Å². The van der Waals surface area contributed by atoms with Crippen molar-refractivity contribution >= 4 is 17.7 Å². The van der Waals surface area contributed by atoms with Crippen LogP contribution in [-0.2, 0) is 9.53 Å². The predicted octanol–water partition coefficient (Wildman–Crippen LogP) is 2.32. The molecule has 0 aromatic carbocycles. The molecule has 1 fully saturated rings. The number of anilines is 1. The highest BCUT2D eigenvalue weighted by Gasteiger charge is 2.30. The molecule has 1 aromatic rings. The zero-order valence-electron chi connectivity index (χ0n) is 14.0. The Morgan fingerprint density at radius 1 is 1.43 bits per heavy atom. The summed E-state index contributed by atoms with van der Waals surface area (Å²) < 4.78 is 5.08. The molecule has 1 aromatic heterocycles. The number of esters is 1. The van der Waals surface area contributed by atoms with Crippen molar-refractivity contribution in [1.29, 1.82) is 0 Å². The SMILES string of the molecule is CCOC(=O)C1CCCN(C(=O)c2cccc(NC(C)C)n2)C1. The first-order valence-electron chi connectivity index (χ1n) is 8.20. The minimum absolute atomic E-state index is 0.133. The quantitative estimate of drug-likeness (QED) is 0.843. The second-order valence-corrected chi connectivity index (χ2v) is 6.05. The van der Waals surface area contributed by atoms with E-state index in [4.69, 9.17) is 4.74 Å². The van der Waals surface area contributed by atoms with Crippen molar-refractivity contribution in [2.45, 2.75) is 39.7 Å². The predicted molar refractivity (Wildman–Crippen MR) is 88.3 cm³/mol. The Morgan fingerprint density at radius 2 is 2.22 bits per heavy atom. The molecule has 1 atom stereocenters. The van der Waals surface area contributed by atoms with Gasteiger partial charge in [-0.1, -0.05) is 6.07 Å². The molecule has 23 heavy (non-hydrogen) atoms. The van der Waals surface area contributed by atoms with Gasteiger partial charge in [-0.25, -0.2) is 4.98 Å². The summed E-state index contributed by atoms with van der Waals surface area (Å²) in [7, 11) is 0. The van der Waals surface area contributed by atoms with Crippen LogP contribution in [0.5, 0.6) is 0 Å². The lowest BCUT2D eigenvalue weighted by molar-refractivity contribution is -0.149. The molecule has 2 heterocycles. The molecule has 0 aliphatic carbocycles. The normalized spacial score (nSPS) is 17.9. The fourth-order valence-corrected chi connectivity index (χ4v) is 2.71. The van der Waals surface area contributed by atoms with Crippen molar-refractivity contribution < 1.29 is 14.3 Å². The number of aromatic nitrogens is 1. The van der Waals surface area contributed by atoms with E-state index >= 15 is 0 Å². The van der Waals surface area contributed by atoms with Gasteiger partial charge in [-0.15, -0.1) is 0 Å². The van der Waals surface area contributed by atoms with Crippen molar-refractivity contribution in [3.8, 4) is 0 Å². The van der Waals surface area contributed by atoms with Crippen LogP contribution in [0.3, 0.4) is 0 Å². The molecule has 126 valence electrons. The van der Waals surface area contributed by atoms with E-state index in [2.05, 4.69) is 10.3 Å². The third-order valence-corrected chi connectivity index (χ3v) is 3.73. The first kappa shape index (κ1) is 17.2. The van der Waals surface area contributed by atoms with E-state index in [-0.39, 0.29) is 23.8 Å². The minimum Gasteiger partial charge on any atom is -0.466 e. The number of hydrogen-bond acceptors (Lipinski definition) is 5. The van der Waals surface area contributed by atoms with Gasteiger partial charge >= 0.3 is 5.97 Å². The van der Waals surface area contributed by atoms with E-state index in [0.717, 1.165) is 12.8 Å². The Labute approximate surface area is 137 Å². The van der Waals surface area contributed by atoms with Crippen LogP contribution in [-0.4, -0.2) is 47.5 Å². The minimum atomic E-state index is -0.232. The van der Waals surface area contributed by atoms with Gasteiger partial charge in [-0.05, 0) is 45.7 Å². The van der Waals surface area contributed by atoms with Crippen LogP contribution >= 0.6 is 0 Å². The number of nitrogens with zero attached hydrogens (tertiary/aromatic N) is 2. The first-order chi connectivity index (χ1) is 11.0. The van der Waals surface area contributed by atoms with Crippen LogP contribution in [0.15, 0.2) is 18.2 Å². The summed E-state index contributed by atoms with van der Waals surface area (Å²) in [6.07, 6.45) is 1.57. The van der Waals surface area contributed by atoms with Crippen molar-refractivity contribution in [3.05, 3.63) is 23.9 Å². The number of rotatable bonds is 5. The molecule has 1 unspecified atom stereocenters. The number of carbonyl (C=O) groups excluding carboxylic acids is 2. The maximum absolute atomic E-state index is 12.6. The zero-order valence-corrected chi connectivity index (χ0v) is 14.0. The maximum Gasteiger partial charge on any atom is 0.310 e. The molecule has 0 radical (unpaired) electrons. The van der Waals surface area contributed by atoms with Gasteiger partial charge in [0.15, 0.2) is 0 Å². The molecular formula is C17H25N3O3. The molecule has 0 spiro atoms. The number of nitrogens with one attached hydrogen (secondary N) is 1. The third-order valence-electron chi connectivity index (χ3n) is 3.73. The molecule has 1 N–H and O–H groups in total. The van der Waals surface area contributed by atoms with Crippen LogP contribution in [0.1, 0.15) is 44.1 Å². The van der Waals surface area contributed by atoms with E-state index in [1.807, 2.05) is 26.0 Å². The number of likely N-dealkylation sites (tertiary alicyclic amines) is 1. The van der Waals surface area contributed by atoms with E-state index in [9.17, 15) is 9.59 Å². The van der Waals surface area contributed by atoms with Crippen LogP contribution in [0.25, 0.3) is 0 Å². The molecule has 1 amide bonds. The third kappa shape index (κ3) is 4.68. The van der Waals surface area contributed by atoms with Gasteiger partial charge in [0.2, 0.25) is 0 Å². The van der Waals surface area contributed by atoms with E-state index in [0.29, 0.717) is 31.2 Å². The maximum atomic E-state index is 12.6. The van der Waals surface area contributed by atoms with Crippen LogP contribution < -0.4 is 5.32 Å². The number of pyridine rings is 1. The van der Waals surface area contributed by atoms with Gasteiger partial charge in [0.1, 0.15) is 11.5 Å². The van der Waals surface area contributed by atoms with E-state index in [1.165, 1.54) is 0 Å². The lowest BCUT2D eigenvalue weighted by Crippen LogP contribution is -2.43. The average molecular weight is 319 g/mol. The fourth-order valence-electron chi connectivity index (χ4n) is 2.71. The Balaban J connectivity index is 2.06. The Bertz CT molecular complexity index is 560. The van der Waals surface area contributed by atoms with Gasteiger partial charge in [0, 0.05) is 19.1 Å². The number of piperidine rings is 1. The summed E-state index contributed by atoms with van der Waals surface area (Å²) in [4.78, 5) is 30.6. The fraction of sp³-hybridized carbons (Fsp3) is 0.588. The van der Waals surface area contributed by atoms with Crippen molar-refractivity contribution in [2.24, 2.45) is 5.92 Å². The summed E-state index contributed by atoms with van der Waals surface area (Å²) in [6, 6.07) is 5.62. The van der Waals surface area contributed by atoms with E-state index in [1.54, 1.807) is 17.9 Å². The van der Waals surface area contributed by atoms with Crippen molar-refractivity contribution in [2.75, 3.05) is 25.0 Å². The summed E-state index contributed by atoms with van der Waals surface area (Å²) in [5.74, 6) is 0.106. The topological polar surface area (TPSA) is 71.5 Å². The Hall–Kier alpha value is -2.11. The number of amides is 1. The Kier molecular flexibility index (Phi) is 5.96. The van der Waals surface area contributed by atoms with Gasteiger partial charge in [0.05, 0.1) is 12.5 Å². The first-order valence-corrected chi connectivity index (χ1v) is 8.20. The second kappa shape index (κ2) is 7.94. The monoisotopic (exact) mass is 319 g/mol. The summed E-state index contributed by atoms with van der Waals surface area (Å²) in [5.41, 5.74) is 0.403. The lowest BCUT2D eigenvalue weighted by atomic mass is 9.98. The Morgan fingerprint density at radius 3 is 2.91 bits per heavy atom. The largest absolute Gasteiger partial charge is 0.466 e. The van der Waals surface area contributed by atoms with Crippen LogP contribution in [0, 0.1) is 5.92 Å². The highest BCUT2D eigenvalue weighted by Crippen LogP contribution is 2.20. The summed E-state index contributed by atoms with van der Waals surface area (Å²) >= 11 is 0. The number of hydrogen-bond donors (Lipinski definition) is 1. The lowest BCUT2D eigenvalue weighted by Gasteiger charge is -2.31. The standard InChI is InChI=1S/C17H25N3O3/c1-4-23-17(22)13-7-6-10-20(11-13)16(21)14-8-5-9-15(19-14)18-12(2)3/h5,8-9,12-13H,4,6-7,10-11H2,1-3H3,(H,18,19). The van der Waals surface area contributed by atoms with Gasteiger partial charge in [0.25, 0.3) is 5.91 Å². The van der Waals surface area contributed by atoms with Gasteiger partial charge < -0.3 is 15.0 Å². The smallest absolute Gasteiger partial charge is 0.310 e. The zero-order chi connectivity index (χ0) is 16.8. The average Bonchev–Trinajstić information content (AvgIpc) is 2.54.